The summed E-state index contributed by atoms with van der Waals surface area (Å²) in [4.78, 5) is 4.65. The molecular weight excluding hydrogens is 245 g/mol. The molecule has 0 radical (unpaired) electrons. The normalized spacial score (nSPS) is 23.3. The van der Waals surface area contributed by atoms with Crippen molar-refractivity contribution >= 4 is 11.0 Å². The SMILES string of the molecule is CCn1c(C2CC(OC)CN2)nc2ccc(F)cc21. The number of fused-ring (bicyclic) bond motifs is 1. The van der Waals surface area contributed by atoms with E-state index in [1.165, 1.54) is 6.07 Å². The summed E-state index contributed by atoms with van der Waals surface area (Å²) in [5.74, 6) is 0.755. The molecule has 2 aromatic rings. The van der Waals surface area contributed by atoms with Gasteiger partial charge in [0.2, 0.25) is 0 Å². The minimum atomic E-state index is -0.220. The van der Waals surface area contributed by atoms with Gasteiger partial charge in [0.1, 0.15) is 11.6 Å². The van der Waals surface area contributed by atoms with Crippen LogP contribution in [0.2, 0.25) is 0 Å². The van der Waals surface area contributed by atoms with E-state index >= 15 is 0 Å². The molecular formula is C14H18FN3O. The summed E-state index contributed by atoms with van der Waals surface area (Å²) in [5, 5.41) is 3.42. The molecule has 0 spiro atoms. The standard InChI is InChI=1S/C14H18FN3O/c1-3-18-13-6-9(15)4-5-11(13)17-14(18)12-7-10(19-2)8-16-12/h4-6,10,12,16H,3,7-8H2,1-2H3. The van der Waals surface area contributed by atoms with E-state index in [-0.39, 0.29) is 18.0 Å². The number of rotatable bonds is 3. The summed E-state index contributed by atoms with van der Waals surface area (Å²) >= 11 is 0. The number of aromatic nitrogens is 2. The van der Waals surface area contributed by atoms with Crippen molar-refractivity contribution in [3.8, 4) is 0 Å². The van der Waals surface area contributed by atoms with Crippen molar-refractivity contribution in [3.05, 3.63) is 29.8 Å². The van der Waals surface area contributed by atoms with E-state index in [2.05, 4.69) is 21.8 Å². The topological polar surface area (TPSA) is 39.1 Å². The van der Waals surface area contributed by atoms with Gasteiger partial charge in [-0.3, -0.25) is 0 Å². The van der Waals surface area contributed by atoms with Gasteiger partial charge in [-0.15, -0.1) is 0 Å². The Balaban J connectivity index is 2.03. The van der Waals surface area contributed by atoms with Crippen molar-refractivity contribution in [2.75, 3.05) is 13.7 Å². The number of benzene rings is 1. The van der Waals surface area contributed by atoms with Crippen LogP contribution in [-0.2, 0) is 11.3 Å². The Kier molecular flexibility index (Phi) is 3.24. The van der Waals surface area contributed by atoms with Crippen LogP contribution in [0.25, 0.3) is 11.0 Å². The lowest BCUT2D eigenvalue weighted by Gasteiger charge is -2.12. The molecule has 4 nitrogen and oxygen atoms in total. The Labute approximate surface area is 111 Å². The highest BCUT2D eigenvalue weighted by Crippen LogP contribution is 2.27. The van der Waals surface area contributed by atoms with Crippen LogP contribution < -0.4 is 5.32 Å². The van der Waals surface area contributed by atoms with Crippen molar-refractivity contribution < 1.29 is 9.13 Å². The first-order valence-corrected chi connectivity index (χ1v) is 6.64. The largest absolute Gasteiger partial charge is 0.380 e. The quantitative estimate of drug-likeness (QED) is 0.923. The average Bonchev–Trinajstić information content (AvgIpc) is 3.01. The highest BCUT2D eigenvalue weighted by atomic mass is 19.1. The van der Waals surface area contributed by atoms with Gasteiger partial charge in [0.25, 0.3) is 0 Å². The summed E-state index contributed by atoms with van der Waals surface area (Å²) in [7, 11) is 1.73. The Morgan fingerprint density at radius 1 is 1.53 bits per heavy atom. The maximum atomic E-state index is 13.4. The van der Waals surface area contributed by atoms with E-state index < -0.39 is 0 Å². The summed E-state index contributed by atoms with van der Waals surface area (Å²) < 4.78 is 20.8. The van der Waals surface area contributed by atoms with Crippen molar-refractivity contribution in [3.63, 3.8) is 0 Å². The fourth-order valence-electron chi connectivity index (χ4n) is 2.79. The molecule has 1 aliphatic rings. The third kappa shape index (κ3) is 2.13. The van der Waals surface area contributed by atoms with E-state index in [0.717, 1.165) is 36.4 Å². The molecule has 2 atom stereocenters. The molecule has 2 heterocycles. The molecule has 102 valence electrons. The van der Waals surface area contributed by atoms with Gasteiger partial charge in [-0.1, -0.05) is 0 Å². The fourth-order valence-corrected chi connectivity index (χ4v) is 2.79. The van der Waals surface area contributed by atoms with Crippen molar-refractivity contribution in [2.24, 2.45) is 0 Å². The second-order valence-corrected chi connectivity index (χ2v) is 4.90. The molecule has 0 saturated carbocycles. The number of ether oxygens (including phenoxy) is 1. The predicted octanol–water partition coefficient (Wildman–Crippen LogP) is 2.24. The minimum absolute atomic E-state index is 0.181. The number of hydrogen-bond donors (Lipinski definition) is 1. The molecule has 3 rings (SSSR count). The average molecular weight is 263 g/mol. The van der Waals surface area contributed by atoms with Crippen LogP contribution in [0.3, 0.4) is 0 Å². The van der Waals surface area contributed by atoms with Crippen LogP contribution in [0.1, 0.15) is 25.2 Å². The van der Waals surface area contributed by atoms with Crippen LogP contribution >= 0.6 is 0 Å². The molecule has 2 unspecified atom stereocenters. The minimum Gasteiger partial charge on any atom is -0.380 e. The zero-order valence-corrected chi connectivity index (χ0v) is 11.2. The third-order valence-corrected chi connectivity index (χ3v) is 3.79. The van der Waals surface area contributed by atoms with Crippen LogP contribution in [0, 0.1) is 5.82 Å². The maximum Gasteiger partial charge on any atom is 0.127 e. The van der Waals surface area contributed by atoms with Crippen molar-refractivity contribution in [1.82, 2.24) is 14.9 Å². The molecule has 1 aromatic carbocycles. The number of imidazole rings is 1. The monoisotopic (exact) mass is 263 g/mol. The first-order chi connectivity index (χ1) is 9.22. The fraction of sp³-hybridized carbons (Fsp3) is 0.500. The molecule has 0 aliphatic carbocycles. The van der Waals surface area contributed by atoms with Crippen LogP contribution in [0.5, 0.6) is 0 Å². The van der Waals surface area contributed by atoms with Gasteiger partial charge in [0.15, 0.2) is 0 Å². The van der Waals surface area contributed by atoms with Crippen molar-refractivity contribution in [1.29, 1.82) is 0 Å². The van der Waals surface area contributed by atoms with E-state index in [0.29, 0.717) is 0 Å². The molecule has 0 bridgehead atoms. The summed E-state index contributed by atoms with van der Waals surface area (Å²) in [6.45, 7) is 3.67. The number of aryl methyl sites for hydroxylation is 1. The van der Waals surface area contributed by atoms with Gasteiger partial charge in [-0.05, 0) is 31.5 Å². The molecule has 1 aliphatic heterocycles. The number of nitrogens with zero attached hydrogens (tertiary/aromatic N) is 2. The molecule has 1 saturated heterocycles. The van der Waals surface area contributed by atoms with Gasteiger partial charge < -0.3 is 14.6 Å². The zero-order valence-electron chi connectivity index (χ0n) is 11.2. The van der Waals surface area contributed by atoms with Crippen LogP contribution in [-0.4, -0.2) is 29.3 Å². The number of nitrogens with one attached hydrogen (secondary N) is 1. The second kappa shape index (κ2) is 4.90. The van der Waals surface area contributed by atoms with Gasteiger partial charge in [-0.2, -0.15) is 0 Å². The lowest BCUT2D eigenvalue weighted by atomic mass is 10.2. The van der Waals surface area contributed by atoms with Crippen LogP contribution in [0.15, 0.2) is 18.2 Å². The van der Waals surface area contributed by atoms with Crippen LogP contribution in [0.4, 0.5) is 4.39 Å². The van der Waals surface area contributed by atoms with E-state index in [1.807, 2.05) is 0 Å². The summed E-state index contributed by atoms with van der Waals surface area (Å²) in [6.07, 6.45) is 1.13. The Morgan fingerprint density at radius 2 is 2.37 bits per heavy atom. The molecule has 5 heteroatoms. The third-order valence-electron chi connectivity index (χ3n) is 3.79. The van der Waals surface area contributed by atoms with E-state index in [4.69, 9.17) is 4.74 Å². The Morgan fingerprint density at radius 3 is 3.05 bits per heavy atom. The van der Waals surface area contributed by atoms with Crippen molar-refractivity contribution in [2.45, 2.75) is 32.0 Å². The number of hydrogen-bond acceptors (Lipinski definition) is 3. The molecule has 1 N–H and O–H groups in total. The highest BCUT2D eigenvalue weighted by Gasteiger charge is 2.29. The Hall–Kier alpha value is -1.46. The second-order valence-electron chi connectivity index (χ2n) is 4.90. The number of halogens is 1. The molecule has 0 amide bonds. The number of methoxy groups -OCH3 is 1. The van der Waals surface area contributed by atoms with Gasteiger partial charge >= 0.3 is 0 Å². The maximum absolute atomic E-state index is 13.4. The van der Waals surface area contributed by atoms with E-state index in [9.17, 15) is 4.39 Å². The first kappa shape index (κ1) is 12.6. The zero-order chi connectivity index (χ0) is 13.4. The smallest absolute Gasteiger partial charge is 0.127 e. The first-order valence-electron chi connectivity index (χ1n) is 6.64. The molecule has 1 fully saturated rings. The lowest BCUT2D eigenvalue weighted by Crippen LogP contribution is -2.18. The van der Waals surface area contributed by atoms with E-state index in [1.54, 1.807) is 19.2 Å². The van der Waals surface area contributed by atoms with Gasteiger partial charge in [0, 0.05) is 20.2 Å². The molecule has 19 heavy (non-hydrogen) atoms. The summed E-state index contributed by atoms with van der Waals surface area (Å²) in [6, 6.07) is 4.93. The molecule has 1 aromatic heterocycles. The lowest BCUT2D eigenvalue weighted by molar-refractivity contribution is 0.117. The Bertz CT molecular complexity index is 596. The van der Waals surface area contributed by atoms with Gasteiger partial charge in [-0.25, -0.2) is 9.37 Å². The predicted molar refractivity (Wildman–Crippen MR) is 71.5 cm³/mol. The highest BCUT2D eigenvalue weighted by molar-refractivity contribution is 5.76. The van der Waals surface area contributed by atoms with Gasteiger partial charge in [0.05, 0.1) is 23.2 Å². The summed E-state index contributed by atoms with van der Waals surface area (Å²) in [5.41, 5.74) is 1.71.